The molecule has 24 heavy (non-hydrogen) atoms. The lowest BCUT2D eigenvalue weighted by molar-refractivity contribution is 0.698. The number of aryl methyl sites for hydroxylation is 2. The average molecular weight is 345 g/mol. The molecule has 0 fully saturated rings. The van der Waals surface area contributed by atoms with Gasteiger partial charge in [0, 0.05) is 38.3 Å². The van der Waals surface area contributed by atoms with Gasteiger partial charge in [0.15, 0.2) is 11.2 Å². The molecule has 0 unspecified atom stereocenters. The molecule has 0 aliphatic heterocycles. The van der Waals surface area contributed by atoms with Crippen LogP contribution in [0.1, 0.15) is 0 Å². The van der Waals surface area contributed by atoms with Crippen molar-refractivity contribution in [2.75, 3.05) is 17.6 Å². The smallest absolute Gasteiger partial charge is 0.332 e. The fourth-order valence-corrected chi connectivity index (χ4v) is 3.37. The summed E-state index contributed by atoms with van der Waals surface area (Å²) in [5.74, 6) is 1.45. The summed E-state index contributed by atoms with van der Waals surface area (Å²) in [5, 5.41) is 3.23. The van der Waals surface area contributed by atoms with Crippen molar-refractivity contribution in [1.82, 2.24) is 18.7 Å². The number of nitrogens with one attached hydrogen (secondary N) is 1. The van der Waals surface area contributed by atoms with Crippen LogP contribution < -0.4 is 16.6 Å². The highest BCUT2D eigenvalue weighted by Gasteiger charge is 2.16. The lowest BCUT2D eigenvalue weighted by Crippen LogP contribution is -2.37. The Hall–Kier alpha value is -2.48. The summed E-state index contributed by atoms with van der Waals surface area (Å²) in [4.78, 5) is 29.8. The zero-order chi connectivity index (χ0) is 17.3. The van der Waals surface area contributed by atoms with Gasteiger partial charge in [-0.15, -0.1) is 11.8 Å². The van der Waals surface area contributed by atoms with Crippen molar-refractivity contribution in [2.45, 2.75) is 4.90 Å². The molecule has 0 spiro atoms. The van der Waals surface area contributed by atoms with Crippen LogP contribution in [0.5, 0.6) is 0 Å². The van der Waals surface area contributed by atoms with Crippen molar-refractivity contribution < 1.29 is 0 Å². The second-order valence-electron chi connectivity index (χ2n) is 5.46. The minimum atomic E-state index is -0.379. The molecule has 0 saturated heterocycles. The molecule has 126 valence electrons. The first-order valence-electron chi connectivity index (χ1n) is 7.55. The normalized spacial score (nSPS) is 11.1. The molecule has 1 N–H and O–H groups in total. The number of fused-ring (bicyclic) bond motifs is 1. The Morgan fingerprint density at radius 1 is 1.04 bits per heavy atom. The first-order chi connectivity index (χ1) is 11.5. The van der Waals surface area contributed by atoms with Crippen LogP contribution in [-0.2, 0) is 21.1 Å². The van der Waals surface area contributed by atoms with E-state index in [1.165, 1.54) is 16.5 Å². The van der Waals surface area contributed by atoms with Crippen molar-refractivity contribution in [2.24, 2.45) is 21.1 Å². The number of thioether (sulfide) groups is 1. The maximum absolute atomic E-state index is 12.2. The number of nitrogens with zero attached hydrogens (tertiary/aromatic N) is 4. The van der Waals surface area contributed by atoms with E-state index in [9.17, 15) is 9.59 Å². The molecule has 3 rings (SSSR count). The van der Waals surface area contributed by atoms with E-state index >= 15 is 0 Å². The van der Waals surface area contributed by atoms with E-state index in [0.29, 0.717) is 23.7 Å². The summed E-state index contributed by atoms with van der Waals surface area (Å²) in [7, 11) is 4.89. The second kappa shape index (κ2) is 6.56. The lowest BCUT2D eigenvalue weighted by atomic mass is 10.4. The first-order valence-corrected chi connectivity index (χ1v) is 8.53. The summed E-state index contributed by atoms with van der Waals surface area (Å²) in [6.45, 7) is 0.699. The highest BCUT2D eigenvalue weighted by atomic mass is 32.2. The van der Waals surface area contributed by atoms with E-state index in [-0.39, 0.29) is 11.2 Å². The Morgan fingerprint density at radius 2 is 1.75 bits per heavy atom. The molecule has 0 radical (unpaired) electrons. The van der Waals surface area contributed by atoms with E-state index in [4.69, 9.17) is 0 Å². The fourth-order valence-electron chi connectivity index (χ4n) is 2.59. The molecule has 8 heteroatoms. The number of imidazole rings is 1. The lowest BCUT2D eigenvalue weighted by Gasteiger charge is -2.07. The predicted molar refractivity (Wildman–Crippen MR) is 96.9 cm³/mol. The number of anilines is 1. The van der Waals surface area contributed by atoms with Gasteiger partial charge in [-0.05, 0) is 12.1 Å². The molecule has 7 nitrogen and oxygen atoms in total. The SMILES string of the molecule is Cn1c(=O)c2nc(NCCSc3ccccc3)n(C)c2n(C)c1=O. The third kappa shape index (κ3) is 2.84. The van der Waals surface area contributed by atoms with Crippen LogP contribution in [0.3, 0.4) is 0 Å². The van der Waals surface area contributed by atoms with Crippen LogP contribution in [0.4, 0.5) is 5.95 Å². The van der Waals surface area contributed by atoms with Gasteiger partial charge in [0.2, 0.25) is 5.95 Å². The monoisotopic (exact) mass is 345 g/mol. The van der Waals surface area contributed by atoms with Gasteiger partial charge >= 0.3 is 5.69 Å². The van der Waals surface area contributed by atoms with E-state index in [0.717, 1.165) is 10.3 Å². The maximum atomic E-state index is 12.2. The molecular formula is C16H19N5O2S. The summed E-state index contributed by atoms with van der Waals surface area (Å²) in [6, 6.07) is 10.2. The Labute approximate surface area is 142 Å². The van der Waals surface area contributed by atoms with Crippen molar-refractivity contribution in [1.29, 1.82) is 0 Å². The van der Waals surface area contributed by atoms with Gasteiger partial charge in [-0.1, -0.05) is 18.2 Å². The predicted octanol–water partition coefficient (Wildman–Crippen LogP) is 1.17. The third-order valence-electron chi connectivity index (χ3n) is 3.86. The zero-order valence-corrected chi connectivity index (χ0v) is 14.6. The molecule has 1 aromatic carbocycles. The average Bonchev–Trinajstić information content (AvgIpc) is 2.93. The van der Waals surface area contributed by atoms with Crippen molar-refractivity contribution in [3.63, 3.8) is 0 Å². The number of benzene rings is 1. The topological polar surface area (TPSA) is 73.8 Å². The van der Waals surface area contributed by atoms with Gasteiger partial charge in [0.05, 0.1) is 0 Å². The quantitative estimate of drug-likeness (QED) is 0.555. The van der Waals surface area contributed by atoms with Gasteiger partial charge in [-0.25, -0.2) is 9.78 Å². The highest BCUT2D eigenvalue weighted by molar-refractivity contribution is 7.99. The Balaban J connectivity index is 1.80. The Kier molecular flexibility index (Phi) is 4.48. The largest absolute Gasteiger partial charge is 0.355 e. The van der Waals surface area contributed by atoms with Gasteiger partial charge in [0.1, 0.15) is 0 Å². The molecule has 0 saturated carbocycles. The van der Waals surface area contributed by atoms with Gasteiger partial charge < -0.3 is 5.32 Å². The summed E-state index contributed by atoms with van der Waals surface area (Å²) in [5.41, 5.74) is 0.0683. The molecule has 0 atom stereocenters. The molecule has 3 aromatic rings. The zero-order valence-electron chi connectivity index (χ0n) is 13.8. The van der Waals surface area contributed by atoms with Crippen LogP contribution in [0.25, 0.3) is 11.2 Å². The van der Waals surface area contributed by atoms with E-state index in [1.54, 1.807) is 30.4 Å². The standard InChI is InChI=1S/C16H19N5O2S/c1-19-13-12(14(22)21(3)16(23)20(13)2)18-15(19)17-9-10-24-11-7-5-4-6-8-11/h4-8H,9-10H2,1-3H3,(H,17,18). The van der Waals surface area contributed by atoms with Gasteiger partial charge in [-0.2, -0.15) is 0 Å². The molecule has 0 aliphatic carbocycles. The molecule has 0 aliphatic rings. The highest BCUT2D eigenvalue weighted by Crippen LogP contribution is 2.17. The minimum Gasteiger partial charge on any atom is -0.355 e. The van der Waals surface area contributed by atoms with E-state index in [1.807, 2.05) is 18.2 Å². The Morgan fingerprint density at radius 3 is 2.46 bits per heavy atom. The molecule has 2 heterocycles. The van der Waals surface area contributed by atoms with Crippen molar-refractivity contribution >= 4 is 28.9 Å². The van der Waals surface area contributed by atoms with Crippen molar-refractivity contribution in [3.05, 3.63) is 51.2 Å². The third-order valence-corrected chi connectivity index (χ3v) is 4.87. The number of aromatic nitrogens is 4. The number of hydrogen-bond acceptors (Lipinski definition) is 5. The summed E-state index contributed by atoms with van der Waals surface area (Å²) >= 11 is 1.74. The van der Waals surface area contributed by atoms with Crippen LogP contribution in [0, 0.1) is 0 Å². The molecule has 0 amide bonds. The van der Waals surface area contributed by atoms with Crippen LogP contribution in [-0.4, -0.2) is 31.0 Å². The maximum Gasteiger partial charge on any atom is 0.332 e. The van der Waals surface area contributed by atoms with Gasteiger partial charge in [-0.3, -0.25) is 18.5 Å². The van der Waals surface area contributed by atoms with E-state index in [2.05, 4.69) is 22.4 Å². The first kappa shape index (κ1) is 16.4. The van der Waals surface area contributed by atoms with Crippen LogP contribution in [0.2, 0.25) is 0 Å². The number of rotatable bonds is 5. The van der Waals surface area contributed by atoms with Crippen LogP contribution >= 0.6 is 11.8 Å². The molecular weight excluding hydrogens is 326 g/mol. The Bertz CT molecular complexity index is 988. The fraction of sp³-hybridized carbons (Fsp3) is 0.312. The molecule has 0 bridgehead atoms. The minimum absolute atomic E-state index is 0.292. The summed E-state index contributed by atoms with van der Waals surface area (Å²) < 4.78 is 4.25. The number of hydrogen-bond donors (Lipinski definition) is 1. The van der Waals surface area contributed by atoms with Crippen LogP contribution in [0.15, 0.2) is 44.8 Å². The van der Waals surface area contributed by atoms with Crippen molar-refractivity contribution in [3.8, 4) is 0 Å². The van der Waals surface area contributed by atoms with Gasteiger partial charge in [0.25, 0.3) is 5.56 Å². The molecule has 2 aromatic heterocycles. The van der Waals surface area contributed by atoms with E-state index < -0.39 is 0 Å². The summed E-state index contributed by atoms with van der Waals surface area (Å²) in [6.07, 6.45) is 0. The second-order valence-corrected chi connectivity index (χ2v) is 6.63.